The summed E-state index contributed by atoms with van der Waals surface area (Å²) in [5.74, 6) is 0.640. The first-order valence-electron chi connectivity index (χ1n) is 7.91. The van der Waals surface area contributed by atoms with Crippen LogP contribution in [0.1, 0.15) is 25.8 Å². The summed E-state index contributed by atoms with van der Waals surface area (Å²) in [7, 11) is 3.46. The highest BCUT2D eigenvalue weighted by molar-refractivity contribution is 6.30. The molecule has 1 unspecified atom stereocenters. The van der Waals surface area contributed by atoms with E-state index in [4.69, 9.17) is 11.6 Å². The van der Waals surface area contributed by atoms with Crippen LogP contribution in [0.2, 0.25) is 5.02 Å². The van der Waals surface area contributed by atoms with Gasteiger partial charge in [0.15, 0.2) is 5.96 Å². The van der Waals surface area contributed by atoms with Crippen molar-refractivity contribution in [3.05, 3.63) is 34.9 Å². The normalized spacial score (nSPS) is 12.7. The molecule has 1 amide bonds. The highest BCUT2D eigenvalue weighted by Crippen LogP contribution is 2.10. The van der Waals surface area contributed by atoms with Crippen LogP contribution < -0.4 is 10.6 Å². The van der Waals surface area contributed by atoms with Gasteiger partial charge in [-0.15, -0.1) is 0 Å². The average Bonchev–Trinajstić information content (AvgIpc) is 2.51. The third-order valence-electron chi connectivity index (χ3n) is 3.46. The molecule has 2 N–H and O–H groups in total. The van der Waals surface area contributed by atoms with Gasteiger partial charge < -0.3 is 15.5 Å². The molecule has 0 radical (unpaired) electrons. The maximum absolute atomic E-state index is 11.7. The second kappa shape index (κ2) is 10.1. The second-order valence-corrected chi connectivity index (χ2v) is 6.15. The van der Waals surface area contributed by atoms with Crippen LogP contribution in [-0.4, -0.2) is 50.0 Å². The maximum Gasteiger partial charge on any atom is 0.243 e. The summed E-state index contributed by atoms with van der Waals surface area (Å²) in [5.41, 5.74) is 1.16. The Hall–Kier alpha value is -1.75. The Kier molecular flexibility index (Phi) is 8.48. The smallest absolute Gasteiger partial charge is 0.243 e. The van der Waals surface area contributed by atoms with E-state index in [1.54, 1.807) is 14.1 Å². The van der Waals surface area contributed by atoms with Crippen LogP contribution in [0.15, 0.2) is 29.3 Å². The Labute approximate surface area is 144 Å². The van der Waals surface area contributed by atoms with Crippen LogP contribution in [0.5, 0.6) is 0 Å². The Morgan fingerprint density at radius 2 is 2.13 bits per heavy atom. The number of amides is 1. The van der Waals surface area contributed by atoms with E-state index < -0.39 is 0 Å². The van der Waals surface area contributed by atoms with Crippen molar-refractivity contribution >= 4 is 23.5 Å². The molecule has 0 fully saturated rings. The van der Waals surface area contributed by atoms with Crippen molar-refractivity contribution in [1.82, 2.24) is 15.5 Å². The van der Waals surface area contributed by atoms with Gasteiger partial charge in [-0.25, -0.2) is 4.99 Å². The van der Waals surface area contributed by atoms with E-state index >= 15 is 0 Å². The van der Waals surface area contributed by atoms with Gasteiger partial charge in [-0.05, 0) is 37.5 Å². The minimum atomic E-state index is -0.0231. The van der Waals surface area contributed by atoms with E-state index in [0.717, 1.165) is 30.0 Å². The molecule has 1 aromatic carbocycles. The molecule has 1 atom stereocenters. The molecule has 0 saturated heterocycles. The molecule has 6 heteroatoms. The number of likely N-dealkylation sites (N-methyl/N-ethyl adjacent to an activating group) is 1. The van der Waals surface area contributed by atoms with Crippen molar-refractivity contribution in [2.75, 3.05) is 27.2 Å². The van der Waals surface area contributed by atoms with E-state index in [-0.39, 0.29) is 12.5 Å². The number of rotatable bonds is 7. The molecule has 1 rings (SSSR count). The minimum absolute atomic E-state index is 0.0231. The van der Waals surface area contributed by atoms with E-state index in [1.165, 1.54) is 4.90 Å². The molecule has 0 spiro atoms. The molecule has 0 bridgehead atoms. The molecule has 5 nitrogen and oxygen atoms in total. The molecule has 0 heterocycles. The number of carbonyl (C=O) groups excluding carboxylic acids is 1. The third kappa shape index (κ3) is 7.88. The number of hydrogen-bond acceptors (Lipinski definition) is 2. The summed E-state index contributed by atoms with van der Waals surface area (Å²) < 4.78 is 0. The number of nitrogens with one attached hydrogen (secondary N) is 2. The fraction of sp³-hybridized carbons (Fsp3) is 0.529. The van der Waals surface area contributed by atoms with Gasteiger partial charge in [-0.3, -0.25) is 4.79 Å². The van der Waals surface area contributed by atoms with Gasteiger partial charge >= 0.3 is 0 Å². The summed E-state index contributed by atoms with van der Waals surface area (Å²) in [4.78, 5) is 17.6. The van der Waals surface area contributed by atoms with Crippen LogP contribution in [0.3, 0.4) is 0 Å². The zero-order chi connectivity index (χ0) is 17.2. The lowest BCUT2D eigenvalue weighted by Crippen LogP contribution is -2.43. The van der Waals surface area contributed by atoms with E-state index in [1.807, 2.05) is 24.3 Å². The number of guanidine groups is 1. The molecule has 128 valence electrons. The van der Waals surface area contributed by atoms with Crippen molar-refractivity contribution < 1.29 is 4.79 Å². The van der Waals surface area contributed by atoms with E-state index in [0.29, 0.717) is 12.0 Å². The Balaban J connectivity index is 2.58. The topological polar surface area (TPSA) is 56.7 Å². The molecule has 0 aliphatic carbocycles. The van der Waals surface area contributed by atoms with Crippen molar-refractivity contribution in [1.29, 1.82) is 0 Å². The van der Waals surface area contributed by atoms with Crippen LogP contribution in [0.25, 0.3) is 0 Å². The fourth-order valence-electron chi connectivity index (χ4n) is 1.79. The standard InChI is InChI=1S/C17H27ClN4O/c1-5-13(2)21-17(20-12-16(23)22(3)4)19-10-9-14-7-6-8-15(18)11-14/h6-8,11,13H,5,9-10,12H2,1-4H3,(H2,19,20,21). The molecule has 0 aliphatic rings. The summed E-state index contributed by atoms with van der Waals surface area (Å²) >= 11 is 5.99. The molecule has 23 heavy (non-hydrogen) atoms. The molecule has 0 aliphatic heterocycles. The van der Waals surface area contributed by atoms with Gasteiger partial charge in [0.1, 0.15) is 6.54 Å². The molecule has 0 aromatic heterocycles. The van der Waals surface area contributed by atoms with Crippen LogP contribution >= 0.6 is 11.6 Å². The second-order valence-electron chi connectivity index (χ2n) is 5.71. The maximum atomic E-state index is 11.7. The number of hydrogen-bond donors (Lipinski definition) is 2. The van der Waals surface area contributed by atoms with Gasteiger partial charge in [0, 0.05) is 31.7 Å². The van der Waals surface area contributed by atoms with Gasteiger partial charge in [0.05, 0.1) is 0 Å². The van der Waals surface area contributed by atoms with Crippen LogP contribution in [-0.2, 0) is 11.2 Å². The first-order valence-corrected chi connectivity index (χ1v) is 8.29. The van der Waals surface area contributed by atoms with E-state index in [2.05, 4.69) is 29.5 Å². The first kappa shape index (κ1) is 19.3. The fourth-order valence-corrected chi connectivity index (χ4v) is 2.01. The third-order valence-corrected chi connectivity index (χ3v) is 3.70. The van der Waals surface area contributed by atoms with Crippen LogP contribution in [0.4, 0.5) is 0 Å². The predicted molar refractivity (Wildman–Crippen MR) is 97.0 cm³/mol. The lowest BCUT2D eigenvalue weighted by Gasteiger charge is -2.17. The average molecular weight is 339 g/mol. The zero-order valence-electron chi connectivity index (χ0n) is 14.4. The van der Waals surface area contributed by atoms with Gasteiger partial charge in [0.2, 0.25) is 5.91 Å². The lowest BCUT2D eigenvalue weighted by atomic mass is 10.1. The number of benzene rings is 1. The van der Waals surface area contributed by atoms with Gasteiger partial charge in [-0.1, -0.05) is 30.7 Å². The summed E-state index contributed by atoms with van der Waals surface area (Å²) in [5, 5.41) is 7.31. The minimum Gasteiger partial charge on any atom is -0.356 e. The number of aliphatic imine (C=N–C) groups is 1. The predicted octanol–water partition coefficient (Wildman–Crippen LogP) is 2.30. The van der Waals surface area contributed by atoms with Crippen molar-refractivity contribution in [2.24, 2.45) is 4.99 Å². The number of nitrogens with zero attached hydrogens (tertiary/aromatic N) is 2. The Morgan fingerprint density at radius 1 is 1.39 bits per heavy atom. The molecular formula is C17H27ClN4O. The van der Waals surface area contributed by atoms with Gasteiger partial charge in [0.25, 0.3) is 0 Å². The SMILES string of the molecule is CCC(C)NC(=NCC(=O)N(C)C)NCCc1cccc(Cl)c1. The summed E-state index contributed by atoms with van der Waals surface area (Å²) in [6.07, 6.45) is 1.82. The number of halogens is 1. The first-order chi connectivity index (χ1) is 10.9. The highest BCUT2D eigenvalue weighted by Gasteiger charge is 2.06. The zero-order valence-corrected chi connectivity index (χ0v) is 15.2. The largest absolute Gasteiger partial charge is 0.356 e. The number of carbonyl (C=O) groups is 1. The molecular weight excluding hydrogens is 312 g/mol. The van der Waals surface area contributed by atoms with Crippen molar-refractivity contribution in [2.45, 2.75) is 32.7 Å². The van der Waals surface area contributed by atoms with Crippen molar-refractivity contribution in [3.63, 3.8) is 0 Å². The Morgan fingerprint density at radius 3 is 2.74 bits per heavy atom. The molecule has 0 saturated carbocycles. The quantitative estimate of drug-likeness (QED) is 0.592. The Bertz CT molecular complexity index is 531. The lowest BCUT2D eigenvalue weighted by molar-refractivity contribution is -0.127. The van der Waals surface area contributed by atoms with Crippen LogP contribution in [0, 0.1) is 0 Å². The molecule has 1 aromatic rings. The monoisotopic (exact) mass is 338 g/mol. The summed E-state index contributed by atoms with van der Waals surface area (Å²) in [6, 6.07) is 8.10. The highest BCUT2D eigenvalue weighted by atomic mass is 35.5. The summed E-state index contributed by atoms with van der Waals surface area (Å²) in [6.45, 7) is 5.04. The van der Waals surface area contributed by atoms with E-state index in [9.17, 15) is 4.79 Å². The van der Waals surface area contributed by atoms with Gasteiger partial charge in [-0.2, -0.15) is 0 Å². The van der Waals surface area contributed by atoms with Crippen molar-refractivity contribution in [3.8, 4) is 0 Å².